The quantitative estimate of drug-likeness (QED) is 0.444. The van der Waals surface area contributed by atoms with Crippen LogP contribution in [-0.4, -0.2) is 34.0 Å². The lowest BCUT2D eigenvalue weighted by atomic mass is 10.1. The van der Waals surface area contributed by atoms with Gasteiger partial charge >= 0.3 is 0 Å². The van der Waals surface area contributed by atoms with Gasteiger partial charge in [-0.2, -0.15) is 0 Å². The van der Waals surface area contributed by atoms with Crippen LogP contribution in [0.1, 0.15) is 11.7 Å². The highest BCUT2D eigenvalue weighted by Gasteiger charge is 2.13. The molecule has 0 bridgehead atoms. The minimum absolute atomic E-state index is 0.295. The molecular weight excluding hydrogens is 186 g/mol. The van der Waals surface area contributed by atoms with E-state index in [1.165, 1.54) is 12.1 Å². The van der Waals surface area contributed by atoms with Gasteiger partial charge in [-0.25, -0.2) is 0 Å². The molecule has 0 aliphatic carbocycles. The highest BCUT2D eigenvalue weighted by molar-refractivity contribution is 5.51. The summed E-state index contributed by atoms with van der Waals surface area (Å²) in [5, 5.41) is 39.6. The van der Waals surface area contributed by atoms with E-state index < -0.39 is 23.4 Å². The molecule has 5 nitrogen and oxygen atoms in total. The summed E-state index contributed by atoms with van der Waals surface area (Å²) in [5.41, 5.74) is 0.340. The molecule has 0 aromatic heterocycles. The number of aliphatic hydroxyl groups excluding tert-OH is 1. The second-order valence-electron chi connectivity index (χ2n) is 2.98. The van der Waals surface area contributed by atoms with Crippen LogP contribution in [0.15, 0.2) is 12.1 Å². The molecule has 0 spiro atoms. The van der Waals surface area contributed by atoms with Crippen LogP contribution in [0.5, 0.6) is 17.2 Å². The molecule has 0 radical (unpaired) electrons. The first-order chi connectivity index (χ1) is 6.56. The van der Waals surface area contributed by atoms with E-state index in [4.69, 9.17) is 15.3 Å². The summed E-state index contributed by atoms with van der Waals surface area (Å²) >= 11 is 0. The van der Waals surface area contributed by atoms with Gasteiger partial charge in [0.2, 0.25) is 0 Å². The van der Waals surface area contributed by atoms with E-state index in [-0.39, 0.29) is 0 Å². The Labute approximate surface area is 81.3 Å². The van der Waals surface area contributed by atoms with Crippen LogP contribution >= 0.6 is 0 Å². The Morgan fingerprint density at radius 3 is 2.14 bits per heavy atom. The van der Waals surface area contributed by atoms with E-state index >= 15 is 0 Å². The maximum Gasteiger partial charge on any atom is 0.200 e. The van der Waals surface area contributed by atoms with Gasteiger partial charge < -0.3 is 25.7 Å². The molecule has 1 rings (SSSR count). The highest BCUT2D eigenvalue weighted by atomic mass is 16.3. The Bertz CT molecular complexity index is 304. The third-order valence-corrected chi connectivity index (χ3v) is 1.87. The Balaban J connectivity index is 3.00. The standard InChI is InChI=1S/C9H13NO4/c1-10-4-8(13)5-2-6(11)9(14)7(12)3-5/h2-3,8,10-14H,4H2,1H3. The van der Waals surface area contributed by atoms with E-state index in [0.717, 1.165) is 0 Å². The molecule has 0 aliphatic rings. The van der Waals surface area contributed by atoms with Gasteiger partial charge in [0, 0.05) is 6.54 Å². The Hall–Kier alpha value is -1.46. The predicted octanol–water partition coefficient (Wildman–Crippen LogP) is 0.0562. The number of aliphatic hydroxyl groups is 1. The summed E-state index contributed by atoms with van der Waals surface area (Å²) in [4.78, 5) is 0. The predicted molar refractivity (Wildman–Crippen MR) is 50.3 cm³/mol. The largest absolute Gasteiger partial charge is 0.504 e. The summed E-state index contributed by atoms with van der Waals surface area (Å²) in [6, 6.07) is 2.41. The first kappa shape index (κ1) is 10.6. The van der Waals surface area contributed by atoms with Crippen LogP contribution in [0, 0.1) is 0 Å². The summed E-state index contributed by atoms with van der Waals surface area (Å²) in [7, 11) is 1.67. The average Bonchev–Trinajstić information content (AvgIpc) is 2.13. The molecule has 5 N–H and O–H groups in total. The number of aromatic hydroxyl groups is 3. The molecule has 0 amide bonds. The van der Waals surface area contributed by atoms with E-state index in [2.05, 4.69) is 5.32 Å². The fourth-order valence-corrected chi connectivity index (χ4v) is 1.13. The molecule has 1 aromatic rings. The SMILES string of the molecule is CNCC(O)c1cc(O)c(O)c(O)c1. The molecule has 78 valence electrons. The molecule has 14 heavy (non-hydrogen) atoms. The van der Waals surface area contributed by atoms with Crippen molar-refractivity contribution in [2.75, 3.05) is 13.6 Å². The number of phenols is 3. The van der Waals surface area contributed by atoms with Gasteiger partial charge in [-0.1, -0.05) is 0 Å². The second-order valence-corrected chi connectivity index (χ2v) is 2.98. The third kappa shape index (κ3) is 2.07. The van der Waals surface area contributed by atoms with Crippen molar-refractivity contribution in [3.8, 4) is 17.2 Å². The van der Waals surface area contributed by atoms with Crippen LogP contribution in [0.2, 0.25) is 0 Å². The lowest BCUT2D eigenvalue weighted by Crippen LogP contribution is -2.16. The Kier molecular flexibility index (Phi) is 3.16. The Morgan fingerprint density at radius 2 is 1.71 bits per heavy atom. The first-order valence-corrected chi connectivity index (χ1v) is 4.13. The number of benzene rings is 1. The van der Waals surface area contributed by atoms with Gasteiger partial charge in [0.15, 0.2) is 17.2 Å². The van der Waals surface area contributed by atoms with E-state index in [9.17, 15) is 5.11 Å². The van der Waals surface area contributed by atoms with Crippen molar-refractivity contribution in [1.82, 2.24) is 5.32 Å². The summed E-state index contributed by atoms with van der Waals surface area (Å²) in [5.74, 6) is -1.48. The zero-order chi connectivity index (χ0) is 10.7. The van der Waals surface area contributed by atoms with Gasteiger partial charge in [-0.3, -0.25) is 0 Å². The molecule has 1 unspecified atom stereocenters. The summed E-state index contributed by atoms with van der Waals surface area (Å²) < 4.78 is 0. The van der Waals surface area contributed by atoms with Crippen molar-refractivity contribution >= 4 is 0 Å². The summed E-state index contributed by atoms with van der Waals surface area (Å²) in [6.07, 6.45) is -0.836. The van der Waals surface area contributed by atoms with Gasteiger partial charge in [-0.15, -0.1) is 0 Å². The molecule has 1 atom stereocenters. The molecular formula is C9H13NO4. The topological polar surface area (TPSA) is 93.0 Å². The number of rotatable bonds is 3. The van der Waals surface area contributed by atoms with Gasteiger partial charge in [0.05, 0.1) is 6.10 Å². The molecule has 1 aromatic carbocycles. The van der Waals surface area contributed by atoms with E-state index in [0.29, 0.717) is 12.1 Å². The fourth-order valence-electron chi connectivity index (χ4n) is 1.13. The zero-order valence-electron chi connectivity index (χ0n) is 7.73. The van der Waals surface area contributed by atoms with Gasteiger partial charge in [0.25, 0.3) is 0 Å². The third-order valence-electron chi connectivity index (χ3n) is 1.87. The van der Waals surface area contributed by atoms with Crippen molar-refractivity contribution in [3.63, 3.8) is 0 Å². The van der Waals surface area contributed by atoms with Crippen LogP contribution < -0.4 is 5.32 Å². The van der Waals surface area contributed by atoms with Crippen molar-refractivity contribution in [2.24, 2.45) is 0 Å². The maximum atomic E-state index is 9.49. The fraction of sp³-hybridized carbons (Fsp3) is 0.333. The number of likely N-dealkylation sites (N-methyl/N-ethyl adjacent to an activating group) is 1. The minimum atomic E-state index is -0.836. The molecule has 0 fully saturated rings. The van der Waals surface area contributed by atoms with Crippen LogP contribution in [-0.2, 0) is 0 Å². The Morgan fingerprint density at radius 1 is 1.21 bits per heavy atom. The highest BCUT2D eigenvalue weighted by Crippen LogP contribution is 2.36. The number of hydrogen-bond acceptors (Lipinski definition) is 5. The smallest absolute Gasteiger partial charge is 0.200 e. The van der Waals surface area contributed by atoms with E-state index in [1.54, 1.807) is 7.05 Å². The molecule has 0 aliphatic heterocycles. The van der Waals surface area contributed by atoms with Crippen molar-refractivity contribution < 1.29 is 20.4 Å². The van der Waals surface area contributed by atoms with Crippen LogP contribution in [0.4, 0.5) is 0 Å². The molecule has 0 saturated heterocycles. The summed E-state index contributed by atoms with van der Waals surface area (Å²) in [6.45, 7) is 0.295. The molecule has 0 saturated carbocycles. The molecule has 0 heterocycles. The van der Waals surface area contributed by atoms with Crippen LogP contribution in [0.25, 0.3) is 0 Å². The monoisotopic (exact) mass is 199 g/mol. The molecule has 5 heteroatoms. The normalized spacial score (nSPS) is 12.7. The van der Waals surface area contributed by atoms with E-state index in [1.807, 2.05) is 0 Å². The number of nitrogens with one attached hydrogen (secondary N) is 1. The zero-order valence-corrected chi connectivity index (χ0v) is 7.73. The average molecular weight is 199 g/mol. The lowest BCUT2D eigenvalue weighted by Gasteiger charge is -2.11. The second kappa shape index (κ2) is 4.17. The van der Waals surface area contributed by atoms with Crippen LogP contribution in [0.3, 0.4) is 0 Å². The minimum Gasteiger partial charge on any atom is -0.504 e. The lowest BCUT2D eigenvalue weighted by molar-refractivity contribution is 0.176. The van der Waals surface area contributed by atoms with Crippen molar-refractivity contribution in [1.29, 1.82) is 0 Å². The van der Waals surface area contributed by atoms with Crippen molar-refractivity contribution in [3.05, 3.63) is 17.7 Å². The van der Waals surface area contributed by atoms with Gasteiger partial charge in [0.1, 0.15) is 0 Å². The maximum absolute atomic E-state index is 9.49. The number of hydrogen-bond donors (Lipinski definition) is 5. The van der Waals surface area contributed by atoms with Crippen molar-refractivity contribution in [2.45, 2.75) is 6.10 Å². The van der Waals surface area contributed by atoms with Gasteiger partial charge in [-0.05, 0) is 24.7 Å². The first-order valence-electron chi connectivity index (χ1n) is 4.13. The number of phenolic OH excluding ortho intramolecular Hbond substituents is 3.